The number of ether oxygens (including phenoxy) is 1. The van der Waals surface area contributed by atoms with Crippen LogP contribution in [0.5, 0.6) is 5.75 Å². The summed E-state index contributed by atoms with van der Waals surface area (Å²) in [6.07, 6.45) is 3.08. The summed E-state index contributed by atoms with van der Waals surface area (Å²) in [5.41, 5.74) is 1.17. The van der Waals surface area contributed by atoms with Crippen molar-refractivity contribution in [3.63, 3.8) is 0 Å². The Labute approximate surface area is 182 Å². The molecule has 5 nitrogen and oxygen atoms in total. The first-order valence-corrected chi connectivity index (χ1v) is 9.74. The molecule has 1 aromatic rings. The Morgan fingerprint density at radius 3 is 2.33 bits per heavy atom. The van der Waals surface area contributed by atoms with Crippen LogP contribution in [-0.4, -0.2) is 44.4 Å². The SMILES string of the molecule is CCCC(CCO)CNC(=NCC(C)(C)c1ccc(OC)cc1)NCC.I. The summed E-state index contributed by atoms with van der Waals surface area (Å²) in [5.74, 6) is 2.19. The molecular weight excluding hydrogens is 453 g/mol. The predicted molar refractivity (Wildman–Crippen MR) is 126 cm³/mol. The van der Waals surface area contributed by atoms with Gasteiger partial charge in [0.15, 0.2) is 5.96 Å². The van der Waals surface area contributed by atoms with Crippen molar-refractivity contribution in [1.82, 2.24) is 10.6 Å². The highest BCUT2D eigenvalue weighted by atomic mass is 127. The molecule has 156 valence electrons. The molecule has 0 bridgehead atoms. The van der Waals surface area contributed by atoms with Gasteiger partial charge in [0, 0.05) is 25.1 Å². The normalized spacial score (nSPS) is 12.9. The van der Waals surface area contributed by atoms with Gasteiger partial charge in [0.25, 0.3) is 0 Å². The van der Waals surface area contributed by atoms with Gasteiger partial charge in [0.2, 0.25) is 0 Å². The third-order valence-corrected chi connectivity index (χ3v) is 4.64. The summed E-state index contributed by atoms with van der Waals surface area (Å²) in [6.45, 7) is 11.2. The molecular formula is C21H38IN3O2. The summed E-state index contributed by atoms with van der Waals surface area (Å²) in [7, 11) is 1.68. The van der Waals surface area contributed by atoms with Crippen LogP contribution in [-0.2, 0) is 5.41 Å². The number of hydrogen-bond acceptors (Lipinski definition) is 3. The van der Waals surface area contributed by atoms with E-state index in [1.807, 2.05) is 12.1 Å². The van der Waals surface area contributed by atoms with E-state index in [0.29, 0.717) is 12.5 Å². The number of rotatable bonds is 11. The minimum Gasteiger partial charge on any atom is -0.497 e. The van der Waals surface area contributed by atoms with Crippen LogP contribution in [0.25, 0.3) is 0 Å². The number of nitrogens with one attached hydrogen (secondary N) is 2. The van der Waals surface area contributed by atoms with E-state index >= 15 is 0 Å². The molecule has 1 aromatic carbocycles. The highest BCUT2D eigenvalue weighted by Gasteiger charge is 2.20. The standard InChI is InChI=1S/C21H37N3O2.HI/c1-6-8-17(13-14-25)15-23-20(22-7-2)24-16-21(3,4)18-9-11-19(26-5)12-10-18;/h9-12,17,25H,6-8,13-16H2,1-5H3,(H2,22,23,24);1H. The molecule has 0 saturated carbocycles. The molecule has 1 rings (SSSR count). The van der Waals surface area contributed by atoms with Crippen molar-refractivity contribution in [2.24, 2.45) is 10.9 Å². The number of aliphatic hydroxyl groups excluding tert-OH is 1. The number of hydrogen-bond donors (Lipinski definition) is 3. The minimum absolute atomic E-state index is 0. The van der Waals surface area contributed by atoms with Crippen LogP contribution in [0.2, 0.25) is 0 Å². The first-order valence-electron chi connectivity index (χ1n) is 9.74. The van der Waals surface area contributed by atoms with Crippen LogP contribution >= 0.6 is 24.0 Å². The lowest BCUT2D eigenvalue weighted by atomic mass is 9.85. The summed E-state index contributed by atoms with van der Waals surface area (Å²) < 4.78 is 5.24. The molecule has 0 aromatic heterocycles. The third kappa shape index (κ3) is 9.65. The van der Waals surface area contributed by atoms with Gasteiger partial charge in [-0.15, -0.1) is 24.0 Å². The fraction of sp³-hybridized carbons (Fsp3) is 0.667. The van der Waals surface area contributed by atoms with Gasteiger partial charge in [-0.3, -0.25) is 4.99 Å². The van der Waals surface area contributed by atoms with Gasteiger partial charge in [0.1, 0.15) is 5.75 Å². The van der Waals surface area contributed by atoms with Crippen LogP contribution in [0.1, 0.15) is 52.5 Å². The van der Waals surface area contributed by atoms with Gasteiger partial charge in [-0.2, -0.15) is 0 Å². The molecule has 27 heavy (non-hydrogen) atoms. The van der Waals surface area contributed by atoms with Crippen molar-refractivity contribution in [1.29, 1.82) is 0 Å². The van der Waals surface area contributed by atoms with E-state index < -0.39 is 0 Å². The summed E-state index contributed by atoms with van der Waals surface area (Å²) >= 11 is 0. The number of nitrogens with zero attached hydrogens (tertiary/aromatic N) is 1. The van der Waals surface area contributed by atoms with Gasteiger partial charge < -0.3 is 20.5 Å². The van der Waals surface area contributed by atoms with Crippen molar-refractivity contribution < 1.29 is 9.84 Å². The Morgan fingerprint density at radius 2 is 1.81 bits per heavy atom. The van der Waals surface area contributed by atoms with E-state index in [1.165, 1.54) is 5.56 Å². The Morgan fingerprint density at radius 1 is 1.15 bits per heavy atom. The molecule has 0 radical (unpaired) electrons. The molecule has 0 amide bonds. The van der Waals surface area contributed by atoms with Gasteiger partial charge in [-0.1, -0.05) is 39.3 Å². The zero-order valence-electron chi connectivity index (χ0n) is 17.5. The molecule has 0 heterocycles. The molecule has 0 aliphatic carbocycles. The summed E-state index contributed by atoms with van der Waals surface area (Å²) in [5, 5.41) is 16.0. The quantitative estimate of drug-likeness (QED) is 0.249. The monoisotopic (exact) mass is 491 g/mol. The highest BCUT2D eigenvalue weighted by molar-refractivity contribution is 14.0. The van der Waals surface area contributed by atoms with Crippen LogP contribution in [0.3, 0.4) is 0 Å². The number of halogens is 1. The molecule has 0 saturated heterocycles. The molecule has 0 fully saturated rings. The number of aliphatic hydroxyl groups is 1. The van der Waals surface area contributed by atoms with Crippen LogP contribution in [0.4, 0.5) is 0 Å². The molecule has 0 spiro atoms. The topological polar surface area (TPSA) is 65.9 Å². The maximum Gasteiger partial charge on any atom is 0.191 e. The van der Waals surface area contributed by atoms with Crippen LogP contribution in [0, 0.1) is 5.92 Å². The molecule has 0 aliphatic heterocycles. The lowest BCUT2D eigenvalue weighted by molar-refractivity contribution is 0.251. The highest BCUT2D eigenvalue weighted by Crippen LogP contribution is 2.25. The van der Waals surface area contributed by atoms with Crippen molar-refractivity contribution in [2.75, 3.05) is 33.4 Å². The van der Waals surface area contributed by atoms with Gasteiger partial charge in [-0.05, 0) is 43.4 Å². The number of methoxy groups -OCH3 is 1. The minimum atomic E-state index is -0.0669. The second-order valence-electron chi connectivity index (χ2n) is 7.36. The Hall–Kier alpha value is -1.02. The Bertz CT molecular complexity index is 527. The molecule has 3 N–H and O–H groups in total. The van der Waals surface area contributed by atoms with Crippen molar-refractivity contribution in [3.05, 3.63) is 29.8 Å². The predicted octanol–water partition coefficient (Wildman–Crippen LogP) is 3.94. The average molecular weight is 491 g/mol. The Kier molecular flexibility index (Phi) is 13.5. The summed E-state index contributed by atoms with van der Waals surface area (Å²) in [6, 6.07) is 8.20. The molecule has 1 atom stereocenters. The maximum absolute atomic E-state index is 9.22. The summed E-state index contributed by atoms with van der Waals surface area (Å²) in [4.78, 5) is 4.80. The number of aliphatic imine (C=N–C) groups is 1. The smallest absolute Gasteiger partial charge is 0.191 e. The molecule has 6 heteroatoms. The van der Waals surface area contributed by atoms with Crippen molar-refractivity contribution in [3.8, 4) is 5.75 Å². The molecule has 0 aliphatic rings. The molecule has 1 unspecified atom stereocenters. The zero-order valence-corrected chi connectivity index (χ0v) is 19.9. The van der Waals surface area contributed by atoms with E-state index in [2.05, 4.69) is 50.5 Å². The van der Waals surface area contributed by atoms with E-state index in [4.69, 9.17) is 9.73 Å². The average Bonchev–Trinajstić information content (AvgIpc) is 2.64. The van der Waals surface area contributed by atoms with E-state index in [-0.39, 0.29) is 36.0 Å². The second kappa shape index (κ2) is 14.0. The first-order chi connectivity index (χ1) is 12.5. The van der Waals surface area contributed by atoms with Gasteiger partial charge >= 0.3 is 0 Å². The zero-order chi connectivity index (χ0) is 19.4. The lowest BCUT2D eigenvalue weighted by Gasteiger charge is -2.24. The largest absolute Gasteiger partial charge is 0.497 e. The second-order valence-corrected chi connectivity index (χ2v) is 7.36. The fourth-order valence-electron chi connectivity index (χ4n) is 2.93. The van der Waals surface area contributed by atoms with Crippen molar-refractivity contribution >= 4 is 29.9 Å². The first kappa shape index (κ1) is 26.0. The number of benzene rings is 1. The van der Waals surface area contributed by atoms with E-state index in [0.717, 1.165) is 44.1 Å². The fourth-order valence-corrected chi connectivity index (χ4v) is 2.93. The van der Waals surface area contributed by atoms with Crippen LogP contribution < -0.4 is 15.4 Å². The Balaban J connectivity index is 0.00000676. The van der Waals surface area contributed by atoms with Gasteiger partial charge in [-0.25, -0.2) is 0 Å². The third-order valence-electron chi connectivity index (χ3n) is 4.64. The number of guanidine groups is 1. The van der Waals surface area contributed by atoms with Crippen LogP contribution in [0.15, 0.2) is 29.3 Å². The van der Waals surface area contributed by atoms with Crippen molar-refractivity contribution in [2.45, 2.75) is 52.4 Å². The van der Waals surface area contributed by atoms with E-state index in [1.54, 1.807) is 7.11 Å². The van der Waals surface area contributed by atoms with Gasteiger partial charge in [0.05, 0.1) is 13.7 Å². The van der Waals surface area contributed by atoms with E-state index in [9.17, 15) is 5.11 Å². The maximum atomic E-state index is 9.22. The lowest BCUT2D eigenvalue weighted by Crippen LogP contribution is -2.41.